The number of nitrogen functional groups attached to an aromatic ring is 1. The Hall–Kier alpha value is -1.58. The van der Waals surface area contributed by atoms with Gasteiger partial charge >= 0.3 is 0 Å². The van der Waals surface area contributed by atoms with Crippen LogP contribution in [0.15, 0.2) is 0 Å². The highest BCUT2D eigenvalue weighted by molar-refractivity contribution is 7.19. The summed E-state index contributed by atoms with van der Waals surface area (Å²) in [5, 5.41) is 13.4. The van der Waals surface area contributed by atoms with Crippen molar-refractivity contribution in [2.24, 2.45) is 5.92 Å². The van der Waals surface area contributed by atoms with Gasteiger partial charge in [-0.1, -0.05) is 0 Å². The number of thiophene rings is 1. The fraction of sp³-hybridized carbons (Fsp3) is 0.571. The maximum absolute atomic E-state index is 12.2. The van der Waals surface area contributed by atoms with Gasteiger partial charge in [0.1, 0.15) is 16.6 Å². The zero-order valence-corrected chi connectivity index (χ0v) is 12.3. The van der Waals surface area contributed by atoms with Crippen LogP contribution in [-0.2, 0) is 0 Å². The number of nitrogens with one attached hydrogen (secondary N) is 1. The number of nitriles is 1. The number of likely N-dealkylation sites (tertiary alicyclic amines) is 1. The van der Waals surface area contributed by atoms with Crippen LogP contribution in [-0.4, -0.2) is 36.9 Å². The van der Waals surface area contributed by atoms with Crippen LogP contribution in [0.3, 0.4) is 0 Å². The minimum absolute atomic E-state index is 0.112. The number of nitrogens with two attached hydrogens (primary N) is 1. The number of rotatable bonds is 4. The highest BCUT2D eigenvalue weighted by Crippen LogP contribution is 2.41. The van der Waals surface area contributed by atoms with E-state index >= 15 is 0 Å². The average molecular weight is 290 g/mol. The highest BCUT2D eigenvalue weighted by atomic mass is 32.1. The van der Waals surface area contributed by atoms with Gasteiger partial charge in [0.05, 0.1) is 10.6 Å². The summed E-state index contributed by atoms with van der Waals surface area (Å²) in [6.07, 6.45) is 2.95. The molecular weight excluding hydrogens is 272 g/mol. The van der Waals surface area contributed by atoms with Crippen molar-refractivity contribution in [1.29, 1.82) is 5.26 Å². The van der Waals surface area contributed by atoms with Crippen molar-refractivity contribution in [3.8, 4) is 6.07 Å². The first-order valence-electron chi connectivity index (χ1n) is 6.91. The SMILES string of the molecule is CN1CCC(Nc2sc(C(=O)C3CC3)c(N)c2C#N)C1. The van der Waals surface area contributed by atoms with Gasteiger partial charge in [0.15, 0.2) is 5.78 Å². The fourth-order valence-corrected chi connectivity index (χ4v) is 3.78. The summed E-state index contributed by atoms with van der Waals surface area (Å²) in [4.78, 5) is 15.0. The van der Waals surface area contributed by atoms with E-state index in [4.69, 9.17) is 5.73 Å². The largest absolute Gasteiger partial charge is 0.396 e. The van der Waals surface area contributed by atoms with Gasteiger partial charge in [0.2, 0.25) is 0 Å². The third-order valence-electron chi connectivity index (χ3n) is 3.96. The predicted molar refractivity (Wildman–Crippen MR) is 80.0 cm³/mol. The van der Waals surface area contributed by atoms with Crippen LogP contribution >= 0.6 is 11.3 Å². The molecule has 106 valence electrons. The Kier molecular flexibility index (Phi) is 3.40. The summed E-state index contributed by atoms with van der Waals surface area (Å²) in [6.45, 7) is 2.00. The molecule has 5 nitrogen and oxygen atoms in total. The molecule has 1 aliphatic carbocycles. The van der Waals surface area contributed by atoms with Crippen LogP contribution in [0.2, 0.25) is 0 Å². The number of carbonyl (C=O) groups excluding carboxylic acids is 1. The zero-order valence-electron chi connectivity index (χ0n) is 11.5. The molecule has 1 unspecified atom stereocenters. The lowest BCUT2D eigenvalue weighted by Gasteiger charge is -2.12. The van der Waals surface area contributed by atoms with Crippen LogP contribution in [0.25, 0.3) is 0 Å². The van der Waals surface area contributed by atoms with Gasteiger partial charge in [0.25, 0.3) is 0 Å². The van der Waals surface area contributed by atoms with Gasteiger partial charge in [-0.15, -0.1) is 11.3 Å². The van der Waals surface area contributed by atoms with Crippen LogP contribution in [0.4, 0.5) is 10.7 Å². The van der Waals surface area contributed by atoms with Crippen LogP contribution < -0.4 is 11.1 Å². The molecule has 1 aromatic rings. The number of Topliss-reactive ketones (excluding diaryl/α,β-unsaturated/α-hetero) is 1. The van der Waals surface area contributed by atoms with Gasteiger partial charge in [-0.2, -0.15) is 5.26 Å². The molecular formula is C14H18N4OS. The van der Waals surface area contributed by atoms with Gasteiger partial charge in [0, 0.05) is 18.5 Å². The van der Waals surface area contributed by atoms with E-state index in [-0.39, 0.29) is 11.7 Å². The molecule has 20 heavy (non-hydrogen) atoms. The quantitative estimate of drug-likeness (QED) is 0.828. The van der Waals surface area contributed by atoms with Gasteiger partial charge < -0.3 is 16.0 Å². The molecule has 1 saturated carbocycles. The van der Waals surface area contributed by atoms with E-state index in [9.17, 15) is 10.1 Å². The van der Waals surface area contributed by atoms with Crippen LogP contribution in [0, 0.1) is 17.2 Å². The number of anilines is 2. The van der Waals surface area contributed by atoms with Crippen molar-refractivity contribution in [3.63, 3.8) is 0 Å². The molecule has 2 aliphatic rings. The van der Waals surface area contributed by atoms with E-state index in [1.807, 2.05) is 0 Å². The van der Waals surface area contributed by atoms with E-state index in [1.54, 1.807) is 0 Å². The third-order valence-corrected chi connectivity index (χ3v) is 5.11. The Labute approximate surface area is 122 Å². The Bertz CT molecular complexity index is 585. The minimum Gasteiger partial charge on any atom is -0.396 e. The van der Waals surface area contributed by atoms with Gasteiger partial charge in [-0.25, -0.2) is 0 Å². The maximum Gasteiger partial charge on any atom is 0.178 e. The maximum atomic E-state index is 12.2. The van der Waals surface area contributed by atoms with Crippen molar-refractivity contribution >= 4 is 27.8 Å². The summed E-state index contributed by atoms with van der Waals surface area (Å²) in [7, 11) is 2.08. The van der Waals surface area contributed by atoms with Crippen molar-refractivity contribution < 1.29 is 4.79 Å². The number of hydrogen-bond donors (Lipinski definition) is 2. The Balaban J connectivity index is 1.84. The topological polar surface area (TPSA) is 82.2 Å². The first-order chi connectivity index (χ1) is 9.60. The number of carbonyl (C=O) groups is 1. The summed E-state index contributed by atoms with van der Waals surface area (Å²) < 4.78 is 0. The molecule has 2 fully saturated rings. The summed E-state index contributed by atoms with van der Waals surface area (Å²) in [5.74, 6) is 0.244. The van der Waals surface area contributed by atoms with E-state index in [1.165, 1.54) is 11.3 Å². The molecule has 1 aromatic heterocycles. The Morgan fingerprint density at radius 2 is 2.25 bits per heavy atom. The summed E-state index contributed by atoms with van der Waals surface area (Å²) in [6, 6.07) is 2.47. The number of nitrogens with zero attached hydrogens (tertiary/aromatic N) is 2. The van der Waals surface area contributed by atoms with E-state index in [0.717, 1.165) is 37.4 Å². The van der Waals surface area contributed by atoms with Crippen molar-refractivity contribution in [3.05, 3.63) is 10.4 Å². The average Bonchev–Trinajstić information content (AvgIpc) is 3.12. The van der Waals surface area contributed by atoms with Crippen molar-refractivity contribution in [1.82, 2.24) is 4.90 Å². The molecule has 1 saturated heterocycles. The molecule has 0 amide bonds. The summed E-state index contributed by atoms with van der Waals surface area (Å²) >= 11 is 1.35. The second-order valence-corrected chi connectivity index (χ2v) is 6.71. The highest BCUT2D eigenvalue weighted by Gasteiger charge is 2.34. The molecule has 2 heterocycles. The molecule has 1 aliphatic heterocycles. The molecule has 0 bridgehead atoms. The number of ketones is 1. The van der Waals surface area contributed by atoms with Crippen LogP contribution in [0.5, 0.6) is 0 Å². The monoisotopic (exact) mass is 290 g/mol. The standard InChI is InChI=1S/C14H18N4OS/c1-18-5-4-9(7-18)17-14-10(6-15)11(16)13(20-14)12(19)8-2-3-8/h8-9,17H,2-5,7,16H2,1H3. The van der Waals surface area contributed by atoms with Crippen LogP contribution in [0.1, 0.15) is 34.5 Å². The zero-order chi connectivity index (χ0) is 14.3. The lowest BCUT2D eigenvalue weighted by atomic mass is 10.1. The molecule has 3 rings (SSSR count). The van der Waals surface area contributed by atoms with E-state index in [2.05, 4.69) is 23.3 Å². The van der Waals surface area contributed by atoms with Crippen molar-refractivity contribution in [2.75, 3.05) is 31.2 Å². The number of likely N-dealkylation sites (N-methyl/N-ethyl adjacent to an activating group) is 1. The molecule has 1 atom stereocenters. The molecule has 0 radical (unpaired) electrons. The Morgan fingerprint density at radius 1 is 1.50 bits per heavy atom. The summed E-state index contributed by atoms with van der Waals surface area (Å²) in [5.41, 5.74) is 6.80. The smallest absolute Gasteiger partial charge is 0.178 e. The molecule has 0 aromatic carbocycles. The number of hydrogen-bond acceptors (Lipinski definition) is 6. The molecule has 0 spiro atoms. The lowest BCUT2D eigenvalue weighted by Crippen LogP contribution is -2.23. The van der Waals surface area contributed by atoms with E-state index < -0.39 is 0 Å². The van der Waals surface area contributed by atoms with Crippen molar-refractivity contribution in [2.45, 2.75) is 25.3 Å². The fourth-order valence-electron chi connectivity index (χ4n) is 2.61. The lowest BCUT2D eigenvalue weighted by molar-refractivity contribution is 0.0972. The normalized spacial score (nSPS) is 22.7. The van der Waals surface area contributed by atoms with Gasteiger partial charge in [-0.3, -0.25) is 4.79 Å². The first kappa shape index (κ1) is 13.4. The predicted octanol–water partition coefficient (Wildman–Crippen LogP) is 1.91. The van der Waals surface area contributed by atoms with E-state index in [0.29, 0.717) is 22.2 Å². The van der Waals surface area contributed by atoms with Gasteiger partial charge in [-0.05, 0) is 32.9 Å². The molecule has 3 N–H and O–H groups in total. The second kappa shape index (κ2) is 5.08. The third kappa shape index (κ3) is 2.39. The minimum atomic E-state index is 0.112. The Morgan fingerprint density at radius 3 is 2.80 bits per heavy atom. The molecule has 6 heteroatoms. The second-order valence-electron chi connectivity index (χ2n) is 5.69. The first-order valence-corrected chi connectivity index (χ1v) is 7.73.